The first-order valence-electron chi connectivity index (χ1n) is 4.74. The van der Waals surface area contributed by atoms with Gasteiger partial charge in [-0.25, -0.2) is 0 Å². The van der Waals surface area contributed by atoms with Gasteiger partial charge in [-0.05, 0) is 18.6 Å². The van der Waals surface area contributed by atoms with Gasteiger partial charge in [-0.1, -0.05) is 6.92 Å². The first-order chi connectivity index (χ1) is 6.83. The Balaban J connectivity index is 2.50. The second-order valence-corrected chi connectivity index (χ2v) is 3.21. The minimum atomic E-state index is 0.926. The second kappa shape index (κ2) is 3.62. The van der Waals surface area contributed by atoms with E-state index in [4.69, 9.17) is 0 Å². The van der Waals surface area contributed by atoms with Crippen LogP contribution >= 0.6 is 0 Å². The molecule has 3 heteroatoms. The largest absolute Gasteiger partial charge is 0.346 e. The summed E-state index contributed by atoms with van der Waals surface area (Å²) in [6.07, 6.45) is 8.46. The Morgan fingerprint density at radius 2 is 2.29 bits per heavy atom. The highest BCUT2D eigenvalue weighted by molar-refractivity contribution is 5.83. The van der Waals surface area contributed by atoms with Gasteiger partial charge in [0, 0.05) is 25.2 Å². The Hall–Kier alpha value is -1.64. The number of aromatic nitrogens is 1. The van der Waals surface area contributed by atoms with Crippen LogP contribution in [0.3, 0.4) is 0 Å². The van der Waals surface area contributed by atoms with Crippen LogP contribution in [0.2, 0.25) is 0 Å². The predicted octanol–water partition coefficient (Wildman–Crippen LogP) is 2.53. The lowest BCUT2D eigenvalue weighted by molar-refractivity contribution is 0.981. The molecule has 3 nitrogen and oxygen atoms in total. The van der Waals surface area contributed by atoms with Crippen molar-refractivity contribution in [2.75, 3.05) is 11.9 Å². The highest BCUT2D eigenvalue weighted by atomic mass is 15.1. The van der Waals surface area contributed by atoms with Crippen LogP contribution in [-0.4, -0.2) is 18.2 Å². The molecule has 0 fully saturated rings. The zero-order valence-corrected chi connectivity index (χ0v) is 8.44. The van der Waals surface area contributed by atoms with Gasteiger partial charge in [0.15, 0.2) is 0 Å². The summed E-state index contributed by atoms with van der Waals surface area (Å²) in [5, 5.41) is 0. The summed E-state index contributed by atoms with van der Waals surface area (Å²) in [5.74, 6) is 0. The van der Waals surface area contributed by atoms with Crippen molar-refractivity contribution >= 4 is 17.6 Å². The van der Waals surface area contributed by atoms with Crippen LogP contribution < -0.4 is 4.90 Å². The lowest BCUT2D eigenvalue weighted by Gasteiger charge is -2.21. The molecule has 1 aliphatic heterocycles. The maximum Gasteiger partial charge on any atom is 0.105 e. The third-order valence-electron chi connectivity index (χ3n) is 2.41. The molecule has 0 aromatic carbocycles. The molecule has 0 N–H and O–H groups in total. The lowest BCUT2D eigenvalue weighted by Crippen LogP contribution is -2.15. The number of fused-ring (bicyclic) bond motifs is 1. The van der Waals surface area contributed by atoms with E-state index in [-0.39, 0.29) is 0 Å². The van der Waals surface area contributed by atoms with Crippen molar-refractivity contribution in [2.24, 2.45) is 4.99 Å². The summed E-state index contributed by atoms with van der Waals surface area (Å²) in [6, 6.07) is 1.99. The Bertz CT molecular complexity index is 393. The fourth-order valence-corrected chi connectivity index (χ4v) is 1.59. The first-order valence-corrected chi connectivity index (χ1v) is 4.74. The van der Waals surface area contributed by atoms with E-state index in [2.05, 4.69) is 28.8 Å². The van der Waals surface area contributed by atoms with Gasteiger partial charge in [-0.3, -0.25) is 9.98 Å². The van der Waals surface area contributed by atoms with E-state index in [0.29, 0.717) is 0 Å². The van der Waals surface area contributed by atoms with Gasteiger partial charge in [-0.15, -0.1) is 0 Å². The van der Waals surface area contributed by atoms with Gasteiger partial charge in [0.1, 0.15) is 5.69 Å². The molecule has 0 saturated heterocycles. The van der Waals surface area contributed by atoms with Crippen LogP contribution in [0.25, 0.3) is 0 Å². The summed E-state index contributed by atoms with van der Waals surface area (Å²) < 4.78 is 0. The molecule has 0 spiro atoms. The van der Waals surface area contributed by atoms with Crippen molar-refractivity contribution in [2.45, 2.75) is 13.3 Å². The minimum Gasteiger partial charge on any atom is -0.346 e. The summed E-state index contributed by atoms with van der Waals surface area (Å²) in [5.41, 5.74) is 3.30. The molecule has 0 atom stereocenters. The molecule has 0 amide bonds. The molecular weight excluding hydrogens is 174 g/mol. The standard InChI is InChI=1S/C11H13N3/c1-3-9-4-7-13-10-8-12-6-5-11(10)14(9)2/h4-8H,3H2,1-2H3. The zero-order chi connectivity index (χ0) is 9.97. The van der Waals surface area contributed by atoms with Crippen LogP contribution in [0.5, 0.6) is 0 Å². The topological polar surface area (TPSA) is 28.5 Å². The van der Waals surface area contributed by atoms with E-state index in [1.165, 1.54) is 5.70 Å². The molecule has 0 saturated carbocycles. The van der Waals surface area contributed by atoms with Gasteiger partial charge < -0.3 is 4.90 Å². The van der Waals surface area contributed by atoms with Crippen molar-refractivity contribution < 1.29 is 0 Å². The molecule has 2 rings (SSSR count). The van der Waals surface area contributed by atoms with E-state index in [1.807, 2.05) is 18.4 Å². The van der Waals surface area contributed by atoms with Crippen LogP contribution in [0.15, 0.2) is 35.2 Å². The average molecular weight is 187 g/mol. The predicted molar refractivity (Wildman–Crippen MR) is 59.2 cm³/mol. The second-order valence-electron chi connectivity index (χ2n) is 3.21. The Kier molecular flexibility index (Phi) is 2.31. The third kappa shape index (κ3) is 1.41. The van der Waals surface area contributed by atoms with Crippen LogP contribution in [-0.2, 0) is 0 Å². The highest BCUT2D eigenvalue weighted by Gasteiger charge is 2.11. The molecular formula is C11H13N3. The maximum atomic E-state index is 4.33. The van der Waals surface area contributed by atoms with Gasteiger partial charge in [0.25, 0.3) is 0 Å². The molecule has 0 aliphatic carbocycles. The number of allylic oxidation sites excluding steroid dienone is 2. The average Bonchev–Trinajstić information content (AvgIpc) is 2.39. The van der Waals surface area contributed by atoms with Gasteiger partial charge in [0.2, 0.25) is 0 Å². The molecule has 0 bridgehead atoms. The summed E-state index contributed by atoms with van der Waals surface area (Å²) in [7, 11) is 2.06. The fourth-order valence-electron chi connectivity index (χ4n) is 1.59. The number of nitrogens with zero attached hydrogens (tertiary/aromatic N) is 3. The van der Waals surface area contributed by atoms with E-state index in [9.17, 15) is 0 Å². The lowest BCUT2D eigenvalue weighted by atomic mass is 10.2. The molecule has 0 radical (unpaired) electrons. The summed E-state index contributed by atoms with van der Waals surface area (Å²) >= 11 is 0. The number of anilines is 1. The molecule has 0 unspecified atom stereocenters. The SMILES string of the molecule is CCC1=CC=Nc2cnccc2N1C. The van der Waals surface area contributed by atoms with E-state index >= 15 is 0 Å². The van der Waals surface area contributed by atoms with Crippen molar-refractivity contribution in [3.8, 4) is 0 Å². The van der Waals surface area contributed by atoms with Crippen molar-refractivity contribution in [1.29, 1.82) is 0 Å². The van der Waals surface area contributed by atoms with Crippen LogP contribution in [0.4, 0.5) is 11.4 Å². The quantitative estimate of drug-likeness (QED) is 0.675. The Labute approximate surface area is 83.8 Å². The van der Waals surface area contributed by atoms with E-state index in [0.717, 1.165) is 17.8 Å². The van der Waals surface area contributed by atoms with Gasteiger partial charge in [0.05, 0.1) is 11.9 Å². The summed E-state index contributed by atoms with van der Waals surface area (Å²) in [4.78, 5) is 10.5. The summed E-state index contributed by atoms with van der Waals surface area (Å²) in [6.45, 7) is 2.14. The number of rotatable bonds is 1. The molecule has 2 heterocycles. The van der Waals surface area contributed by atoms with Gasteiger partial charge >= 0.3 is 0 Å². The molecule has 72 valence electrons. The van der Waals surface area contributed by atoms with Crippen LogP contribution in [0.1, 0.15) is 13.3 Å². The third-order valence-corrected chi connectivity index (χ3v) is 2.41. The number of pyridine rings is 1. The maximum absolute atomic E-state index is 4.33. The Morgan fingerprint density at radius 3 is 3.07 bits per heavy atom. The zero-order valence-electron chi connectivity index (χ0n) is 8.44. The highest BCUT2D eigenvalue weighted by Crippen LogP contribution is 2.30. The molecule has 1 aliphatic rings. The van der Waals surface area contributed by atoms with Gasteiger partial charge in [-0.2, -0.15) is 0 Å². The minimum absolute atomic E-state index is 0.926. The molecule has 1 aromatic heterocycles. The molecule has 1 aromatic rings. The number of hydrogen-bond donors (Lipinski definition) is 0. The van der Waals surface area contributed by atoms with E-state index in [1.54, 1.807) is 12.4 Å². The first kappa shape index (κ1) is 8.94. The van der Waals surface area contributed by atoms with Crippen LogP contribution in [0, 0.1) is 0 Å². The monoisotopic (exact) mass is 187 g/mol. The van der Waals surface area contributed by atoms with Crippen molar-refractivity contribution in [3.63, 3.8) is 0 Å². The van der Waals surface area contributed by atoms with Crippen molar-refractivity contribution in [1.82, 2.24) is 4.98 Å². The molecule has 14 heavy (non-hydrogen) atoms. The number of hydrogen-bond acceptors (Lipinski definition) is 3. The van der Waals surface area contributed by atoms with E-state index < -0.39 is 0 Å². The Morgan fingerprint density at radius 1 is 1.43 bits per heavy atom. The normalized spacial score (nSPS) is 14.7. The fraction of sp³-hybridized carbons (Fsp3) is 0.273. The van der Waals surface area contributed by atoms with Crippen molar-refractivity contribution in [3.05, 3.63) is 30.2 Å². The number of aliphatic imine (C=N–C) groups is 1. The smallest absolute Gasteiger partial charge is 0.105 e.